The first-order chi connectivity index (χ1) is 15.9. The monoisotopic (exact) mass is 437 g/mol. The molecule has 7 nitrogen and oxygen atoms in total. The fraction of sp³-hybridized carbons (Fsp3) is 0.192. The van der Waals surface area contributed by atoms with Gasteiger partial charge in [-0.25, -0.2) is 0 Å². The molecule has 1 aliphatic rings. The molecule has 1 fully saturated rings. The minimum atomic E-state index is -0.654. The van der Waals surface area contributed by atoms with Crippen molar-refractivity contribution in [2.24, 2.45) is 0 Å². The summed E-state index contributed by atoms with van der Waals surface area (Å²) in [5, 5.41) is 20.7. The number of nitrogen functional groups attached to an aromatic ring is 1. The zero-order valence-corrected chi connectivity index (χ0v) is 18.1. The summed E-state index contributed by atoms with van der Waals surface area (Å²) in [5.41, 5.74) is 9.03. The van der Waals surface area contributed by atoms with Gasteiger partial charge in [0.1, 0.15) is 0 Å². The molecule has 6 rings (SSSR count). The summed E-state index contributed by atoms with van der Waals surface area (Å²) < 4.78 is 3.79. The van der Waals surface area contributed by atoms with Crippen LogP contribution in [-0.2, 0) is 0 Å². The Morgan fingerprint density at radius 3 is 2.67 bits per heavy atom. The van der Waals surface area contributed by atoms with Crippen LogP contribution in [-0.4, -0.2) is 30.0 Å². The lowest BCUT2D eigenvalue weighted by Gasteiger charge is -2.42. The molecule has 0 atom stereocenters. The van der Waals surface area contributed by atoms with Crippen molar-refractivity contribution in [3.63, 3.8) is 0 Å². The topological polar surface area (TPSA) is 99.0 Å². The second-order valence-electron chi connectivity index (χ2n) is 9.13. The number of fused-ring (bicyclic) bond motifs is 2. The Morgan fingerprint density at radius 1 is 1.12 bits per heavy atom. The van der Waals surface area contributed by atoms with Gasteiger partial charge in [0.25, 0.3) is 5.56 Å². The van der Waals surface area contributed by atoms with Crippen LogP contribution in [0.4, 0.5) is 5.82 Å². The van der Waals surface area contributed by atoms with Gasteiger partial charge >= 0.3 is 0 Å². The van der Waals surface area contributed by atoms with Crippen LogP contribution in [0.25, 0.3) is 38.5 Å². The van der Waals surface area contributed by atoms with Gasteiger partial charge in [-0.05, 0) is 55.0 Å². The van der Waals surface area contributed by atoms with Gasteiger partial charge in [0.15, 0.2) is 5.82 Å². The Bertz CT molecular complexity index is 1580. The molecule has 3 N–H and O–H groups in total. The number of nitrogens with two attached hydrogens (primary N) is 1. The average Bonchev–Trinajstić information content (AvgIpc) is 3.19. The highest BCUT2D eigenvalue weighted by Crippen LogP contribution is 2.45. The Morgan fingerprint density at radius 2 is 1.91 bits per heavy atom. The SMILES string of the molecule is CC1(O)CC(n2cc(-c3ccc4ccn(-c5ccccc5)c(=O)c4c3)c3c(N)nncc32)C1. The number of hydrogen-bond acceptors (Lipinski definition) is 5. The van der Waals surface area contributed by atoms with Gasteiger partial charge in [-0.2, -0.15) is 5.10 Å². The third kappa shape index (κ3) is 3.12. The molecule has 0 saturated heterocycles. The number of anilines is 1. The Hall–Kier alpha value is -3.97. The van der Waals surface area contributed by atoms with Gasteiger partial charge in [-0.1, -0.05) is 30.3 Å². The summed E-state index contributed by atoms with van der Waals surface area (Å²) in [6.07, 6.45) is 6.90. The Kier molecular flexibility index (Phi) is 4.19. The predicted octanol–water partition coefficient (Wildman–Crippen LogP) is 4.07. The zero-order valence-electron chi connectivity index (χ0n) is 18.1. The van der Waals surface area contributed by atoms with E-state index in [0.717, 1.165) is 33.1 Å². The van der Waals surface area contributed by atoms with E-state index in [1.54, 1.807) is 10.8 Å². The minimum Gasteiger partial charge on any atom is -0.390 e. The number of pyridine rings is 1. The summed E-state index contributed by atoms with van der Waals surface area (Å²) in [7, 11) is 0. The molecule has 164 valence electrons. The standard InChI is InChI=1S/C26H23N5O2/c1-26(33)12-19(13-26)31-15-21(23-22(31)14-28-29-24(23)27)17-8-7-16-9-10-30(25(32)20(16)11-17)18-5-3-2-4-6-18/h2-11,14-15,19,33H,12-13H2,1H3,(H2,27,29). The molecule has 5 aromatic rings. The van der Waals surface area contributed by atoms with Gasteiger partial charge in [0, 0.05) is 35.1 Å². The zero-order chi connectivity index (χ0) is 22.7. The molecule has 33 heavy (non-hydrogen) atoms. The molecule has 3 aromatic heterocycles. The van der Waals surface area contributed by atoms with Crippen LogP contribution in [0.5, 0.6) is 0 Å². The normalized spacial score (nSPS) is 20.2. The van der Waals surface area contributed by atoms with Crippen LogP contribution in [0.15, 0.2) is 78.0 Å². The second kappa shape index (κ2) is 7.02. The van der Waals surface area contributed by atoms with Crippen molar-refractivity contribution in [2.75, 3.05) is 5.73 Å². The maximum atomic E-state index is 13.4. The largest absolute Gasteiger partial charge is 0.390 e. The van der Waals surface area contributed by atoms with Gasteiger partial charge < -0.3 is 15.4 Å². The highest BCUT2D eigenvalue weighted by Gasteiger charge is 2.40. The minimum absolute atomic E-state index is 0.0768. The first-order valence-corrected chi connectivity index (χ1v) is 11.0. The highest BCUT2D eigenvalue weighted by atomic mass is 16.3. The predicted molar refractivity (Wildman–Crippen MR) is 129 cm³/mol. The van der Waals surface area contributed by atoms with E-state index in [-0.39, 0.29) is 11.6 Å². The number of aliphatic hydroxyl groups is 1. The van der Waals surface area contributed by atoms with Crippen molar-refractivity contribution in [1.29, 1.82) is 0 Å². The Labute approximate surface area is 189 Å². The molecular formula is C26H23N5O2. The Balaban J connectivity index is 1.54. The van der Waals surface area contributed by atoms with Gasteiger partial charge in [0.05, 0.1) is 22.7 Å². The lowest BCUT2D eigenvalue weighted by molar-refractivity contribution is -0.0496. The van der Waals surface area contributed by atoms with Crippen LogP contribution in [0.1, 0.15) is 25.8 Å². The quantitative estimate of drug-likeness (QED) is 0.443. The lowest BCUT2D eigenvalue weighted by Crippen LogP contribution is -2.41. The van der Waals surface area contributed by atoms with Crippen LogP contribution in [0, 0.1) is 0 Å². The van der Waals surface area contributed by atoms with E-state index in [0.29, 0.717) is 24.0 Å². The molecule has 0 unspecified atom stereocenters. The molecule has 3 heterocycles. The number of hydrogen-bond donors (Lipinski definition) is 2. The fourth-order valence-corrected chi connectivity index (χ4v) is 5.01. The van der Waals surface area contributed by atoms with E-state index in [1.165, 1.54) is 0 Å². The fourth-order valence-electron chi connectivity index (χ4n) is 5.01. The van der Waals surface area contributed by atoms with E-state index in [2.05, 4.69) is 14.8 Å². The molecule has 0 spiro atoms. The van der Waals surface area contributed by atoms with E-state index in [4.69, 9.17) is 5.73 Å². The van der Waals surface area contributed by atoms with E-state index in [9.17, 15) is 9.90 Å². The third-order valence-electron chi connectivity index (χ3n) is 6.67. The smallest absolute Gasteiger partial charge is 0.262 e. The molecule has 1 aliphatic carbocycles. The summed E-state index contributed by atoms with van der Waals surface area (Å²) in [4.78, 5) is 13.4. The van der Waals surface area contributed by atoms with Crippen molar-refractivity contribution < 1.29 is 5.11 Å². The maximum Gasteiger partial charge on any atom is 0.262 e. The van der Waals surface area contributed by atoms with Crippen LogP contribution in [0.3, 0.4) is 0 Å². The van der Waals surface area contributed by atoms with Crippen LogP contribution < -0.4 is 11.3 Å². The van der Waals surface area contributed by atoms with Gasteiger partial charge in [-0.15, -0.1) is 5.10 Å². The number of aromatic nitrogens is 4. The second-order valence-corrected chi connectivity index (χ2v) is 9.13. The van der Waals surface area contributed by atoms with Crippen molar-refractivity contribution in [3.8, 4) is 16.8 Å². The lowest BCUT2D eigenvalue weighted by atomic mass is 9.77. The summed E-state index contributed by atoms with van der Waals surface area (Å²) in [5.74, 6) is 0.349. The average molecular weight is 438 g/mol. The van der Waals surface area contributed by atoms with Crippen molar-refractivity contribution >= 4 is 27.5 Å². The molecule has 0 aliphatic heterocycles. The molecule has 1 saturated carbocycles. The molecular weight excluding hydrogens is 414 g/mol. The van der Waals surface area contributed by atoms with Gasteiger partial charge in [0.2, 0.25) is 0 Å². The van der Waals surface area contributed by atoms with E-state index >= 15 is 0 Å². The molecule has 0 radical (unpaired) electrons. The summed E-state index contributed by atoms with van der Waals surface area (Å²) in [6.45, 7) is 1.85. The van der Waals surface area contributed by atoms with Crippen molar-refractivity contribution in [1.82, 2.24) is 19.3 Å². The molecule has 0 bridgehead atoms. The number of benzene rings is 2. The molecule has 0 amide bonds. The highest BCUT2D eigenvalue weighted by molar-refractivity contribution is 6.03. The van der Waals surface area contributed by atoms with E-state index < -0.39 is 5.60 Å². The molecule has 7 heteroatoms. The van der Waals surface area contributed by atoms with Crippen molar-refractivity contribution in [3.05, 3.63) is 83.5 Å². The number of para-hydroxylation sites is 1. The van der Waals surface area contributed by atoms with Crippen LogP contribution in [0.2, 0.25) is 0 Å². The van der Waals surface area contributed by atoms with Gasteiger partial charge in [-0.3, -0.25) is 9.36 Å². The van der Waals surface area contributed by atoms with Crippen molar-refractivity contribution in [2.45, 2.75) is 31.4 Å². The van der Waals surface area contributed by atoms with Crippen LogP contribution >= 0.6 is 0 Å². The summed E-state index contributed by atoms with van der Waals surface area (Å²) >= 11 is 0. The maximum absolute atomic E-state index is 13.4. The first-order valence-electron chi connectivity index (χ1n) is 11.0. The molecule has 2 aromatic carbocycles. The number of nitrogens with zero attached hydrogens (tertiary/aromatic N) is 4. The number of rotatable bonds is 3. The van der Waals surface area contributed by atoms with E-state index in [1.807, 2.05) is 73.9 Å². The summed E-state index contributed by atoms with van der Waals surface area (Å²) in [6, 6.07) is 17.6. The third-order valence-corrected chi connectivity index (χ3v) is 6.67. The first kappa shape index (κ1) is 19.7.